The van der Waals surface area contributed by atoms with Gasteiger partial charge in [0.2, 0.25) is 0 Å². The first kappa shape index (κ1) is 53.5. The summed E-state index contributed by atoms with van der Waals surface area (Å²) in [7, 11) is 0. The van der Waals surface area contributed by atoms with Crippen molar-refractivity contribution in [3.8, 4) is 33.8 Å². The molecule has 3 aliphatic carbocycles. The molecule has 7 heteroatoms. The second-order valence-electron chi connectivity index (χ2n) is 19.7. The molecular formula is C72H58HfN2O4. The standard InChI is InChI=1S/C60H46N2O2.2C6H6O.Hf/c63-59-45(35-43-23-9-13-27-49(43)57(59)55-47-25-11-7-21-41(47)31-33-51(55)39-17-3-1-4-18-39)37-61-53-29-15-16-30-54(53)62-38-46-36-44-24-10-14-28-50(44)58(60(46)64)56-48-26-12-8-22-42(48)32-34-52(56)40-19-5-2-6-20-40;2*7-6-4-2-1-3-5-6;/h1-14,17-28,31-38,53-54,61-62H,15-16,29-30H2;2*1-5,7H;/b45-37-,46-38-;;;/t53-,54-;;;/m1.../s1. The van der Waals surface area contributed by atoms with Crippen LogP contribution in [0.15, 0.2) is 266 Å². The number of benzene rings is 10. The molecule has 0 radical (unpaired) electrons. The Morgan fingerprint density at radius 3 is 1.10 bits per heavy atom. The second kappa shape index (κ2) is 25.0. The van der Waals surface area contributed by atoms with E-state index >= 15 is 9.59 Å². The van der Waals surface area contributed by atoms with Crippen LogP contribution in [0.3, 0.4) is 0 Å². The average Bonchev–Trinajstić information content (AvgIpc) is 3.68. The van der Waals surface area contributed by atoms with Gasteiger partial charge < -0.3 is 20.8 Å². The third-order valence-corrected chi connectivity index (χ3v) is 14.8. The minimum atomic E-state index is -0.00499. The number of carbonyl (C=O) groups is 2. The molecular weight excluding hydrogens is 1140 g/mol. The van der Waals surface area contributed by atoms with Gasteiger partial charge in [0.05, 0.1) is 0 Å². The summed E-state index contributed by atoms with van der Waals surface area (Å²) < 4.78 is 0. The van der Waals surface area contributed by atoms with Crippen molar-refractivity contribution < 1.29 is 45.6 Å². The van der Waals surface area contributed by atoms with E-state index in [9.17, 15) is 0 Å². The molecule has 0 aliphatic heterocycles. The van der Waals surface area contributed by atoms with Gasteiger partial charge in [-0.2, -0.15) is 0 Å². The van der Waals surface area contributed by atoms with E-state index in [0.717, 1.165) is 101 Å². The van der Waals surface area contributed by atoms with Gasteiger partial charge in [0, 0.05) is 83.7 Å². The minimum absolute atomic E-state index is 0. The SMILES string of the molecule is O=C1C(c2c(-c3ccccc3)ccc3ccccc23)=c2ccccc2=C/C1=C/N[C@@H]1CCCC[C@H]1N/C=C1/C=c2ccccc2=C(c2c(-c3ccccc3)ccc3ccccc23)C1=O.Oc1ccccc1.Oc1ccccc1.[Hf]. The Labute approximate surface area is 479 Å². The van der Waals surface area contributed by atoms with E-state index in [-0.39, 0.29) is 49.5 Å². The van der Waals surface area contributed by atoms with Crippen LogP contribution in [-0.4, -0.2) is 33.9 Å². The molecule has 0 amide bonds. The average molecular weight is 1190 g/mol. The number of aromatic hydroxyl groups is 2. The predicted octanol–water partition coefficient (Wildman–Crippen LogP) is 12.2. The summed E-state index contributed by atoms with van der Waals surface area (Å²) in [6.45, 7) is 0. The van der Waals surface area contributed by atoms with Gasteiger partial charge in [0.1, 0.15) is 11.5 Å². The molecule has 13 rings (SSSR count). The number of hydrogen-bond acceptors (Lipinski definition) is 6. The molecule has 0 heterocycles. The van der Waals surface area contributed by atoms with Crippen LogP contribution in [0.1, 0.15) is 36.8 Å². The molecule has 384 valence electrons. The zero-order chi connectivity index (χ0) is 53.2. The molecule has 0 bridgehead atoms. The fourth-order valence-corrected chi connectivity index (χ4v) is 11.0. The van der Waals surface area contributed by atoms with Crippen LogP contribution in [0.4, 0.5) is 0 Å². The summed E-state index contributed by atoms with van der Waals surface area (Å²) >= 11 is 0. The number of para-hydroxylation sites is 2. The van der Waals surface area contributed by atoms with Gasteiger partial charge in [0.25, 0.3) is 0 Å². The van der Waals surface area contributed by atoms with Crippen molar-refractivity contribution in [3.63, 3.8) is 0 Å². The maximum absolute atomic E-state index is 15.0. The topological polar surface area (TPSA) is 98.7 Å². The van der Waals surface area contributed by atoms with Gasteiger partial charge in [-0.25, -0.2) is 0 Å². The number of nitrogens with one attached hydrogen (secondary N) is 2. The van der Waals surface area contributed by atoms with Crippen LogP contribution >= 0.6 is 0 Å². The van der Waals surface area contributed by atoms with Gasteiger partial charge in [0.15, 0.2) is 11.6 Å². The quantitative estimate of drug-likeness (QED) is 0.0894. The molecule has 1 saturated carbocycles. The summed E-state index contributed by atoms with van der Waals surface area (Å²) in [5.74, 6) is 0.634. The van der Waals surface area contributed by atoms with Gasteiger partial charge >= 0.3 is 0 Å². The largest absolute Gasteiger partial charge is 0.508 e. The van der Waals surface area contributed by atoms with Gasteiger partial charge in [-0.05, 0) is 114 Å². The van der Waals surface area contributed by atoms with Crippen molar-refractivity contribution in [2.45, 2.75) is 37.8 Å². The van der Waals surface area contributed by atoms with Crippen molar-refractivity contribution in [1.82, 2.24) is 10.6 Å². The van der Waals surface area contributed by atoms with E-state index in [1.54, 1.807) is 48.5 Å². The molecule has 0 aromatic heterocycles. The fourth-order valence-electron chi connectivity index (χ4n) is 11.0. The van der Waals surface area contributed by atoms with Crippen LogP contribution in [0.25, 0.3) is 67.1 Å². The predicted molar refractivity (Wildman–Crippen MR) is 319 cm³/mol. The number of allylic oxidation sites excluding steroid dienone is 2. The Morgan fingerprint density at radius 2 is 0.722 bits per heavy atom. The first-order valence-corrected chi connectivity index (χ1v) is 26.7. The Balaban J connectivity index is 0.000000410. The molecule has 4 N–H and O–H groups in total. The fraction of sp³-hybridized carbons (Fsp3) is 0.0833. The summed E-state index contributed by atoms with van der Waals surface area (Å²) in [6.07, 6.45) is 11.9. The van der Waals surface area contributed by atoms with E-state index in [1.807, 2.05) is 109 Å². The van der Waals surface area contributed by atoms with Crippen molar-refractivity contribution in [2.75, 3.05) is 0 Å². The molecule has 2 atom stereocenters. The molecule has 3 aliphatic rings. The monoisotopic (exact) mass is 1190 g/mol. The van der Waals surface area contributed by atoms with E-state index in [0.29, 0.717) is 33.8 Å². The molecule has 10 aromatic carbocycles. The summed E-state index contributed by atoms with van der Waals surface area (Å²) in [4.78, 5) is 30.1. The van der Waals surface area contributed by atoms with Crippen LogP contribution < -0.4 is 31.5 Å². The first-order valence-electron chi connectivity index (χ1n) is 26.7. The normalized spacial score (nSPS) is 16.4. The number of Topliss-reactive ketones (excluding diaryl/α,β-unsaturated/α-hetero) is 2. The summed E-state index contributed by atoms with van der Waals surface area (Å²) in [5.41, 5.74) is 8.79. The van der Waals surface area contributed by atoms with E-state index in [4.69, 9.17) is 10.2 Å². The molecule has 1 fully saturated rings. The van der Waals surface area contributed by atoms with E-state index in [2.05, 4.69) is 120 Å². The maximum atomic E-state index is 15.0. The number of fused-ring (bicyclic) bond motifs is 4. The number of hydrogen-bond donors (Lipinski definition) is 4. The van der Waals surface area contributed by atoms with Gasteiger partial charge in [-0.15, -0.1) is 0 Å². The van der Waals surface area contributed by atoms with E-state index < -0.39 is 0 Å². The number of phenols is 2. The maximum Gasteiger partial charge on any atom is 0.195 e. The van der Waals surface area contributed by atoms with Crippen LogP contribution in [0.2, 0.25) is 0 Å². The van der Waals surface area contributed by atoms with Crippen molar-refractivity contribution in [2.24, 2.45) is 0 Å². The third-order valence-electron chi connectivity index (χ3n) is 14.8. The molecule has 6 nitrogen and oxygen atoms in total. The Hall–Kier alpha value is -8.91. The van der Waals surface area contributed by atoms with Crippen LogP contribution in [0.5, 0.6) is 11.5 Å². The van der Waals surface area contributed by atoms with Crippen molar-refractivity contribution >= 4 is 56.4 Å². The number of phenolic OH excluding ortho intramolecular Hbond substituents is 2. The molecule has 10 aromatic rings. The third kappa shape index (κ3) is 11.8. The molecule has 0 unspecified atom stereocenters. The number of carbonyl (C=O) groups excluding carboxylic acids is 2. The van der Waals surface area contributed by atoms with E-state index in [1.165, 1.54) is 0 Å². The summed E-state index contributed by atoms with van der Waals surface area (Å²) in [5, 5.41) is 32.9. The molecule has 79 heavy (non-hydrogen) atoms. The summed E-state index contributed by atoms with van der Waals surface area (Å²) in [6, 6.07) is 80.0. The van der Waals surface area contributed by atoms with Crippen LogP contribution in [0, 0.1) is 0 Å². The Bertz CT molecular complexity index is 3890. The van der Waals surface area contributed by atoms with Crippen LogP contribution in [-0.2, 0) is 35.4 Å². The molecule has 0 spiro atoms. The van der Waals surface area contributed by atoms with Gasteiger partial charge in [-0.3, -0.25) is 9.59 Å². The first-order chi connectivity index (χ1) is 38.4. The smallest absolute Gasteiger partial charge is 0.195 e. The van der Waals surface area contributed by atoms with Gasteiger partial charge in [-0.1, -0.05) is 231 Å². The second-order valence-corrected chi connectivity index (χ2v) is 19.7. The Morgan fingerprint density at radius 1 is 0.380 bits per heavy atom. The zero-order valence-electron chi connectivity index (χ0n) is 43.6. The minimum Gasteiger partial charge on any atom is -0.508 e. The van der Waals surface area contributed by atoms with Crippen molar-refractivity contribution in [1.29, 1.82) is 0 Å². The zero-order valence-corrected chi connectivity index (χ0v) is 47.2. The van der Waals surface area contributed by atoms with Crippen molar-refractivity contribution in [3.05, 3.63) is 298 Å². The number of rotatable bonds is 8. The molecule has 0 saturated heterocycles. The Kier molecular flexibility index (Phi) is 17.0. The number of ketones is 2.